The van der Waals surface area contributed by atoms with Crippen molar-refractivity contribution in [2.45, 2.75) is 30.8 Å². The smallest absolute Gasteiger partial charge is 0.336 e. The number of esters is 2. The van der Waals surface area contributed by atoms with Gasteiger partial charge in [0.1, 0.15) is 24.4 Å². The van der Waals surface area contributed by atoms with E-state index in [1.165, 1.54) is 18.2 Å². The van der Waals surface area contributed by atoms with Gasteiger partial charge in [0, 0.05) is 12.5 Å². The Morgan fingerprint density at radius 3 is 3.00 bits per heavy atom. The van der Waals surface area contributed by atoms with Crippen molar-refractivity contribution in [3.8, 4) is 0 Å². The highest BCUT2D eigenvalue weighted by molar-refractivity contribution is 5.92. The van der Waals surface area contributed by atoms with Crippen molar-refractivity contribution in [2.75, 3.05) is 6.61 Å². The van der Waals surface area contributed by atoms with E-state index in [2.05, 4.69) is 0 Å². The van der Waals surface area contributed by atoms with Crippen LogP contribution in [0.4, 0.5) is 0 Å². The maximum atomic E-state index is 11.6. The molecular weight excluding hydrogens is 240 g/mol. The number of carbonyl (C=O) groups excluding carboxylic acids is 2. The second-order valence-electron chi connectivity index (χ2n) is 4.39. The van der Waals surface area contributed by atoms with Crippen LogP contribution in [0.2, 0.25) is 0 Å². The zero-order valence-electron chi connectivity index (χ0n) is 9.44. The normalized spacial score (nSPS) is 40.6. The fourth-order valence-corrected chi connectivity index (χ4v) is 2.30. The van der Waals surface area contributed by atoms with E-state index in [1.807, 2.05) is 0 Å². The standard InChI is InChI=1S/C12H12O6/c13-7-5-6-11-9(18-12(6)15)3-4-16-10(14)2-1-8(7)17-11/h1-2,5,7-9,11,13H,3-4H2/b2-1-/t7-,8-,9+,11+/m1/s1. The molecule has 3 rings (SSSR count). The Hall–Kier alpha value is -1.66. The molecule has 3 heterocycles. The van der Waals surface area contributed by atoms with Gasteiger partial charge in [0.15, 0.2) is 0 Å². The third-order valence-corrected chi connectivity index (χ3v) is 3.20. The highest BCUT2D eigenvalue weighted by Gasteiger charge is 2.45. The first-order chi connectivity index (χ1) is 8.65. The lowest BCUT2D eigenvalue weighted by Gasteiger charge is -2.29. The first-order valence-electron chi connectivity index (χ1n) is 5.76. The predicted molar refractivity (Wildman–Crippen MR) is 57.3 cm³/mol. The second-order valence-corrected chi connectivity index (χ2v) is 4.39. The summed E-state index contributed by atoms with van der Waals surface area (Å²) in [6.45, 7) is 0.168. The summed E-state index contributed by atoms with van der Waals surface area (Å²) in [5.41, 5.74) is 0.351. The third-order valence-electron chi connectivity index (χ3n) is 3.20. The number of carbonyl (C=O) groups is 2. The summed E-state index contributed by atoms with van der Waals surface area (Å²) < 4.78 is 15.7. The minimum Gasteiger partial charge on any atom is -0.462 e. The van der Waals surface area contributed by atoms with E-state index in [0.717, 1.165) is 0 Å². The molecule has 1 saturated heterocycles. The highest BCUT2D eigenvalue weighted by atomic mass is 16.6. The summed E-state index contributed by atoms with van der Waals surface area (Å²) in [5.74, 6) is -0.972. The number of fused-ring (bicyclic) bond motifs is 1. The minimum atomic E-state index is -0.967. The summed E-state index contributed by atoms with van der Waals surface area (Å²) in [4.78, 5) is 22.9. The number of hydrogen-bond donors (Lipinski definition) is 1. The maximum absolute atomic E-state index is 11.6. The summed E-state index contributed by atoms with van der Waals surface area (Å²) in [7, 11) is 0. The first-order valence-corrected chi connectivity index (χ1v) is 5.76. The number of ether oxygens (including phenoxy) is 3. The molecule has 0 aromatic rings. The number of aliphatic hydroxyl groups excluding tert-OH is 1. The monoisotopic (exact) mass is 252 g/mol. The Morgan fingerprint density at radius 1 is 1.33 bits per heavy atom. The van der Waals surface area contributed by atoms with Gasteiger partial charge < -0.3 is 19.3 Å². The second kappa shape index (κ2) is 4.22. The average Bonchev–Trinajstić information content (AvgIpc) is 2.63. The van der Waals surface area contributed by atoms with E-state index in [4.69, 9.17) is 14.2 Å². The molecule has 1 fully saturated rings. The Labute approximate surface area is 103 Å². The average molecular weight is 252 g/mol. The van der Waals surface area contributed by atoms with Gasteiger partial charge in [-0.2, -0.15) is 0 Å². The van der Waals surface area contributed by atoms with Crippen molar-refractivity contribution in [3.05, 3.63) is 23.8 Å². The lowest BCUT2D eigenvalue weighted by molar-refractivity contribution is -0.144. The van der Waals surface area contributed by atoms with Crippen LogP contribution in [0.15, 0.2) is 23.8 Å². The van der Waals surface area contributed by atoms with Crippen molar-refractivity contribution in [1.82, 2.24) is 0 Å². The topological polar surface area (TPSA) is 82.1 Å². The van der Waals surface area contributed by atoms with Crippen LogP contribution in [0.3, 0.4) is 0 Å². The van der Waals surface area contributed by atoms with Crippen LogP contribution in [0, 0.1) is 0 Å². The van der Waals surface area contributed by atoms with Gasteiger partial charge in [0.2, 0.25) is 0 Å². The molecule has 0 saturated carbocycles. The van der Waals surface area contributed by atoms with Gasteiger partial charge in [0.25, 0.3) is 0 Å². The Balaban J connectivity index is 1.95. The van der Waals surface area contributed by atoms with Crippen LogP contribution in [-0.2, 0) is 23.8 Å². The molecular formula is C12H12O6. The fourth-order valence-electron chi connectivity index (χ4n) is 2.30. The van der Waals surface area contributed by atoms with Crippen LogP contribution in [0.1, 0.15) is 6.42 Å². The molecule has 6 heteroatoms. The SMILES string of the molecule is O=C1/C=C\[C@H]2O[C@H]3C(=C[C@H]2O)C(=O)O[C@H]3CCO1. The first kappa shape index (κ1) is 11.4. The Morgan fingerprint density at radius 2 is 2.17 bits per heavy atom. The summed E-state index contributed by atoms with van der Waals surface area (Å²) >= 11 is 0. The molecule has 0 aliphatic carbocycles. The molecule has 0 spiro atoms. The van der Waals surface area contributed by atoms with E-state index in [1.54, 1.807) is 0 Å². The summed E-state index contributed by atoms with van der Waals surface area (Å²) in [6.07, 6.45) is 1.91. The molecule has 0 aromatic carbocycles. The molecule has 0 unspecified atom stereocenters. The van der Waals surface area contributed by atoms with E-state index < -0.39 is 36.4 Å². The molecule has 3 aliphatic heterocycles. The number of cyclic esters (lactones) is 1. The zero-order chi connectivity index (χ0) is 12.7. The van der Waals surface area contributed by atoms with Gasteiger partial charge >= 0.3 is 11.9 Å². The van der Waals surface area contributed by atoms with E-state index in [-0.39, 0.29) is 6.61 Å². The number of rotatable bonds is 0. The number of hydrogen-bond acceptors (Lipinski definition) is 6. The molecule has 2 bridgehead atoms. The quantitative estimate of drug-likeness (QED) is 0.584. The molecule has 4 atom stereocenters. The minimum absolute atomic E-state index is 0.168. The van der Waals surface area contributed by atoms with Crippen molar-refractivity contribution < 1.29 is 28.9 Å². The van der Waals surface area contributed by atoms with Gasteiger partial charge in [-0.25, -0.2) is 9.59 Å². The van der Waals surface area contributed by atoms with Crippen molar-refractivity contribution in [1.29, 1.82) is 0 Å². The Kier molecular flexibility index (Phi) is 2.68. The van der Waals surface area contributed by atoms with Gasteiger partial charge in [-0.1, -0.05) is 0 Å². The predicted octanol–water partition coefficient (Wildman–Crippen LogP) is -0.530. The molecule has 96 valence electrons. The molecule has 18 heavy (non-hydrogen) atoms. The number of aliphatic hydroxyl groups is 1. The molecule has 6 nitrogen and oxygen atoms in total. The highest BCUT2D eigenvalue weighted by Crippen LogP contribution is 2.32. The molecule has 1 N–H and O–H groups in total. The van der Waals surface area contributed by atoms with Crippen LogP contribution in [-0.4, -0.2) is 48.1 Å². The van der Waals surface area contributed by atoms with Crippen LogP contribution < -0.4 is 0 Å². The molecule has 0 radical (unpaired) electrons. The maximum Gasteiger partial charge on any atom is 0.336 e. The molecule has 0 aromatic heterocycles. The van der Waals surface area contributed by atoms with Crippen LogP contribution in [0.25, 0.3) is 0 Å². The van der Waals surface area contributed by atoms with E-state index in [0.29, 0.717) is 12.0 Å². The zero-order valence-corrected chi connectivity index (χ0v) is 9.44. The van der Waals surface area contributed by atoms with Crippen molar-refractivity contribution in [3.63, 3.8) is 0 Å². The van der Waals surface area contributed by atoms with Crippen molar-refractivity contribution in [2.24, 2.45) is 0 Å². The summed E-state index contributed by atoms with van der Waals surface area (Å²) in [5, 5.41) is 9.81. The largest absolute Gasteiger partial charge is 0.462 e. The van der Waals surface area contributed by atoms with Gasteiger partial charge in [-0.05, 0) is 12.2 Å². The van der Waals surface area contributed by atoms with Gasteiger partial charge in [-0.3, -0.25) is 0 Å². The molecule has 0 amide bonds. The third kappa shape index (κ3) is 1.83. The Bertz CT molecular complexity index is 451. The molecule has 3 aliphatic rings. The van der Waals surface area contributed by atoms with E-state index >= 15 is 0 Å². The van der Waals surface area contributed by atoms with Crippen LogP contribution >= 0.6 is 0 Å². The van der Waals surface area contributed by atoms with Crippen LogP contribution in [0.5, 0.6) is 0 Å². The fraction of sp³-hybridized carbons (Fsp3) is 0.500. The lowest BCUT2D eigenvalue weighted by Crippen LogP contribution is -2.40. The van der Waals surface area contributed by atoms with E-state index in [9.17, 15) is 14.7 Å². The van der Waals surface area contributed by atoms with Gasteiger partial charge in [-0.15, -0.1) is 0 Å². The van der Waals surface area contributed by atoms with Crippen molar-refractivity contribution >= 4 is 11.9 Å². The van der Waals surface area contributed by atoms with Gasteiger partial charge in [0.05, 0.1) is 12.2 Å². The summed E-state index contributed by atoms with van der Waals surface area (Å²) in [6, 6.07) is 0. The lowest BCUT2D eigenvalue weighted by atomic mass is 9.97.